The number of hydrogen-bond donors (Lipinski definition) is 3. The van der Waals surface area contributed by atoms with Crippen molar-refractivity contribution in [3.63, 3.8) is 0 Å². The second kappa shape index (κ2) is 9.26. The van der Waals surface area contributed by atoms with E-state index in [4.69, 9.17) is 28.2 Å². The number of imidazole rings is 1. The highest BCUT2D eigenvalue weighted by molar-refractivity contribution is 7.89. The van der Waals surface area contributed by atoms with E-state index in [1.165, 1.54) is 0 Å². The molecule has 184 valence electrons. The Kier molecular flexibility index (Phi) is 6.30. The molecular formula is C21H21Cl2N7O4S. The van der Waals surface area contributed by atoms with E-state index in [9.17, 15) is 18.0 Å². The number of fused-ring (bicyclic) bond motifs is 1. The number of amides is 3. The number of rotatable bonds is 7. The minimum atomic E-state index is -3.83. The van der Waals surface area contributed by atoms with E-state index in [2.05, 4.69) is 15.0 Å². The van der Waals surface area contributed by atoms with Gasteiger partial charge in [-0.3, -0.25) is 10.1 Å². The van der Waals surface area contributed by atoms with E-state index in [1.54, 1.807) is 18.6 Å². The van der Waals surface area contributed by atoms with Crippen LogP contribution >= 0.6 is 23.2 Å². The molecule has 0 unspecified atom stereocenters. The first-order valence-corrected chi connectivity index (χ1v) is 13.2. The second-order valence-electron chi connectivity index (χ2n) is 8.36. The van der Waals surface area contributed by atoms with Gasteiger partial charge in [-0.25, -0.2) is 27.9 Å². The monoisotopic (exact) mass is 537 g/mol. The highest BCUT2D eigenvalue weighted by Crippen LogP contribution is 2.36. The lowest BCUT2D eigenvalue weighted by atomic mass is 10.1. The van der Waals surface area contributed by atoms with E-state index < -0.39 is 33.8 Å². The fourth-order valence-electron chi connectivity index (χ4n) is 4.39. The average Bonchev–Trinajstić information content (AvgIpc) is 3.56. The molecule has 11 nitrogen and oxygen atoms in total. The van der Waals surface area contributed by atoms with Gasteiger partial charge in [0.1, 0.15) is 11.9 Å². The lowest BCUT2D eigenvalue weighted by Crippen LogP contribution is -2.45. The fraction of sp³-hybridized carbons (Fsp3) is 0.333. The average molecular weight is 538 g/mol. The molecule has 4 heterocycles. The van der Waals surface area contributed by atoms with E-state index >= 15 is 0 Å². The van der Waals surface area contributed by atoms with Gasteiger partial charge in [0.2, 0.25) is 10.0 Å². The second-order valence-corrected chi connectivity index (χ2v) is 11.0. The van der Waals surface area contributed by atoms with Crippen LogP contribution in [0.5, 0.6) is 0 Å². The van der Waals surface area contributed by atoms with Crippen LogP contribution in [-0.2, 0) is 14.8 Å². The molecule has 5 rings (SSSR count). The van der Waals surface area contributed by atoms with Crippen molar-refractivity contribution in [1.29, 1.82) is 0 Å². The van der Waals surface area contributed by atoms with Crippen LogP contribution in [0.15, 0.2) is 36.9 Å². The van der Waals surface area contributed by atoms with Crippen molar-refractivity contribution in [2.24, 2.45) is 0 Å². The van der Waals surface area contributed by atoms with Gasteiger partial charge in [0.25, 0.3) is 5.91 Å². The number of nitrogens with one attached hydrogen (secondary N) is 3. The zero-order valence-electron chi connectivity index (χ0n) is 18.2. The summed E-state index contributed by atoms with van der Waals surface area (Å²) in [7, 11) is -3.83. The molecule has 0 aliphatic carbocycles. The zero-order valence-corrected chi connectivity index (χ0v) is 20.6. The number of urea groups is 1. The molecule has 1 aromatic carbocycles. The van der Waals surface area contributed by atoms with Crippen LogP contribution in [0, 0.1) is 0 Å². The smallest absolute Gasteiger partial charge is 0.322 e. The van der Waals surface area contributed by atoms with Crippen LogP contribution < -0.4 is 20.3 Å². The van der Waals surface area contributed by atoms with E-state index in [1.807, 2.05) is 33.1 Å². The Labute approximate surface area is 210 Å². The Bertz CT molecular complexity index is 1410. The van der Waals surface area contributed by atoms with E-state index in [0.29, 0.717) is 27.9 Å². The Morgan fingerprint density at radius 3 is 2.77 bits per heavy atom. The largest absolute Gasteiger partial charge is 0.352 e. The number of halogens is 2. The molecule has 3 N–H and O–H groups in total. The van der Waals surface area contributed by atoms with E-state index in [0.717, 1.165) is 23.9 Å². The molecule has 2 atom stereocenters. The first-order chi connectivity index (χ1) is 16.7. The van der Waals surface area contributed by atoms with Gasteiger partial charge >= 0.3 is 6.03 Å². The summed E-state index contributed by atoms with van der Waals surface area (Å²) < 4.78 is 29.6. The molecule has 3 amide bonds. The van der Waals surface area contributed by atoms with Crippen LogP contribution in [0.2, 0.25) is 10.0 Å². The standard InChI is InChI=1S/C21H21Cl2N7O4S/c22-14-4-3-13-16(29-7-5-24-11-29)8-17(27-19(13)18(14)23)30-6-1-2-12(30)9-25-35(33,34)10-15-20(31)28-21(32)26-15/h3-5,7-8,11-12,15,25H,1-2,6,9-10H2,(H2,26,28,31,32)/t12-,15-/m0/s1. The summed E-state index contributed by atoms with van der Waals surface area (Å²) in [5.74, 6) is -0.565. The van der Waals surface area contributed by atoms with Crippen molar-refractivity contribution in [2.45, 2.75) is 24.9 Å². The van der Waals surface area contributed by atoms with Gasteiger partial charge < -0.3 is 14.8 Å². The lowest BCUT2D eigenvalue weighted by Gasteiger charge is -2.27. The van der Waals surface area contributed by atoms with Crippen LogP contribution in [0.3, 0.4) is 0 Å². The highest BCUT2D eigenvalue weighted by Gasteiger charge is 2.34. The number of hydrogen-bond acceptors (Lipinski definition) is 7. The predicted molar refractivity (Wildman–Crippen MR) is 132 cm³/mol. The number of anilines is 1. The Hall–Kier alpha value is -2.93. The number of carbonyl (C=O) groups excluding carboxylic acids is 2. The van der Waals surface area contributed by atoms with E-state index in [-0.39, 0.29) is 12.6 Å². The lowest BCUT2D eigenvalue weighted by molar-refractivity contribution is -0.119. The van der Waals surface area contributed by atoms with Gasteiger partial charge in [-0.15, -0.1) is 0 Å². The molecule has 0 radical (unpaired) electrons. The van der Waals surface area contributed by atoms with Gasteiger partial charge in [0, 0.05) is 43.0 Å². The summed E-state index contributed by atoms with van der Waals surface area (Å²) in [5, 5.41) is 5.85. The molecular weight excluding hydrogens is 517 g/mol. The number of imide groups is 1. The normalized spacial score (nSPS) is 20.5. The fourth-order valence-corrected chi connectivity index (χ4v) is 5.99. The summed E-state index contributed by atoms with van der Waals surface area (Å²) in [6.45, 7) is 0.793. The van der Waals surface area contributed by atoms with Crippen LogP contribution in [0.1, 0.15) is 12.8 Å². The quantitative estimate of drug-likeness (QED) is 0.390. The van der Waals surface area contributed by atoms with Gasteiger partial charge in [0.05, 0.1) is 33.3 Å². The molecule has 0 spiro atoms. The molecule has 2 aliphatic heterocycles. The third-order valence-corrected chi connectivity index (χ3v) is 8.25. The van der Waals surface area contributed by atoms with Crippen LogP contribution in [-0.4, -0.2) is 65.8 Å². The molecule has 3 aromatic rings. The summed E-state index contributed by atoms with van der Waals surface area (Å²) in [4.78, 5) is 33.9. The van der Waals surface area contributed by atoms with Crippen molar-refractivity contribution in [2.75, 3.05) is 23.7 Å². The highest BCUT2D eigenvalue weighted by atomic mass is 35.5. The van der Waals surface area contributed by atoms with Crippen LogP contribution in [0.4, 0.5) is 10.6 Å². The van der Waals surface area contributed by atoms with Gasteiger partial charge in [-0.1, -0.05) is 23.2 Å². The molecule has 2 aliphatic rings. The number of pyridine rings is 1. The number of benzene rings is 1. The predicted octanol–water partition coefficient (Wildman–Crippen LogP) is 1.82. The van der Waals surface area contributed by atoms with Crippen molar-refractivity contribution in [3.05, 3.63) is 47.0 Å². The van der Waals surface area contributed by atoms with Crippen molar-refractivity contribution in [1.82, 2.24) is 29.9 Å². The van der Waals surface area contributed by atoms with Crippen molar-refractivity contribution in [3.8, 4) is 5.69 Å². The summed E-state index contributed by atoms with van der Waals surface area (Å²) in [5.41, 5.74) is 1.35. The van der Waals surface area contributed by atoms with Crippen molar-refractivity contribution < 1.29 is 18.0 Å². The molecule has 0 bridgehead atoms. The molecule has 14 heteroatoms. The third-order valence-electron chi connectivity index (χ3n) is 6.07. The molecule has 0 saturated carbocycles. The van der Waals surface area contributed by atoms with Gasteiger partial charge in [-0.2, -0.15) is 0 Å². The Morgan fingerprint density at radius 2 is 2.06 bits per heavy atom. The first-order valence-electron chi connectivity index (χ1n) is 10.8. The summed E-state index contributed by atoms with van der Waals surface area (Å²) in [6.07, 6.45) is 6.75. The van der Waals surface area contributed by atoms with Crippen molar-refractivity contribution >= 4 is 61.9 Å². The van der Waals surface area contributed by atoms with Crippen LogP contribution in [0.25, 0.3) is 16.6 Å². The summed E-state index contributed by atoms with van der Waals surface area (Å²) in [6, 6.07) is 3.49. The minimum absolute atomic E-state index is 0.119. The maximum atomic E-state index is 12.6. The molecule has 2 aromatic heterocycles. The minimum Gasteiger partial charge on any atom is -0.352 e. The zero-order chi connectivity index (χ0) is 24.7. The molecule has 2 saturated heterocycles. The third kappa shape index (κ3) is 4.79. The first kappa shape index (κ1) is 23.8. The maximum absolute atomic E-state index is 12.6. The number of nitrogens with zero attached hydrogens (tertiary/aromatic N) is 4. The Morgan fingerprint density at radius 1 is 1.23 bits per heavy atom. The topological polar surface area (TPSA) is 138 Å². The molecule has 2 fully saturated rings. The molecule has 35 heavy (non-hydrogen) atoms. The number of carbonyl (C=O) groups is 2. The van der Waals surface area contributed by atoms with Gasteiger partial charge in [-0.05, 0) is 25.0 Å². The van der Waals surface area contributed by atoms with Gasteiger partial charge in [0.15, 0.2) is 0 Å². The number of aromatic nitrogens is 3. The summed E-state index contributed by atoms with van der Waals surface area (Å²) >= 11 is 12.8. The SMILES string of the molecule is O=C1NC(=O)[C@H](CS(=O)(=O)NC[C@@H]2CCCN2c2cc(-n3ccnc3)c3ccc(Cl)c(Cl)c3n2)N1. The number of sulfonamides is 1. The Balaban J connectivity index is 1.41. The maximum Gasteiger partial charge on any atom is 0.322 e.